The molecular weight excluding hydrogens is 316 g/mol. The second-order valence-corrected chi connectivity index (χ2v) is 8.03. The smallest absolute Gasteiger partial charge is 0.317 e. The maximum absolute atomic E-state index is 12.7. The second kappa shape index (κ2) is 7.89. The average Bonchev–Trinajstić information content (AvgIpc) is 2.58. The maximum Gasteiger partial charge on any atom is 0.317 e. The third kappa shape index (κ3) is 5.21. The Morgan fingerprint density at radius 3 is 2.40 bits per heavy atom. The van der Waals surface area contributed by atoms with E-state index in [9.17, 15) is 9.59 Å². The van der Waals surface area contributed by atoms with E-state index < -0.39 is 0 Å². The van der Waals surface area contributed by atoms with Gasteiger partial charge in [-0.2, -0.15) is 0 Å². The van der Waals surface area contributed by atoms with Crippen LogP contribution in [0.1, 0.15) is 49.5 Å². The van der Waals surface area contributed by atoms with Crippen LogP contribution in [0.2, 0.25) is 0 Å². The van der Waals surface area contributed by atoms with Crippen molar-refractivity contribution in [2.45, 2.75) is 40.5 Å². The zero-order valence-electron chi connectivity index (χ0n) is 16.0. The van der Waals surface area contributed by atoms with Gasteiger partial charge in [0, 0.05) is 31.1 Å². The lowest BCUT2D eigenvalue weighted by Gasteiger charge is -2.32. The van der Waals surface area contributed by atoms with Crippen molar-refractivity contribution in [2.75, 3.05) is 26.7 Å². The standard InChI is InChI=1S/C20H30N2O3/c1-14-12-16(6-7-17(14)25-5)18(23)15-8-10-22(11-9-15)19(24)21-13-20(2,3)4/h6-7,12,15H,8-11,13H2,1-5H3,(H,21,24). The van der Waals surface area contributed by atoms with Crippen LogP contribution in [0.3, 0.4) is 0 Å². The van der Waals surface area contributed by atoms with Gasteiger partial charge in [0.25, 0.3) is 0 Å². The van der Waals surface area contributed by atoms with Crippen molar-refractivity contribution in [3.8, 4) is 5.75 Å². The molecule has 0 aliphatic carbocycles. The van der Waals surface area contributed by atoms with E-state index in [0.29, 0.717) is 32.5 Å². The monoisotopic (exact) mass is 346 g/mol. The first-order chi connectivity index (χ1) is 11.7. The van der Waals surface area contributed by atoms with E-state index in [0.717, 1.165) is 16.9 Å². The molecule has 0 saturated carbocycles. The number of piperidine rings is 1. The Labute approximate surface area is 150 Å². The number of carbonyl (C=O) groups is 2. The van der Waals surface area contributed by atoms with Gasteiger partial charge in [0.15, 0.2) is 5.78 Å². The third-order valence-corrected chi connectivity index (χ3v) is 4.60. The van der Waals surface area contributed by atoms with Crippen molar-refractivity contribution in [3.05, 3.63) is 29.3 Å². The molecule has 1 aromatic carbocycles. The van der Waals surface area contributed by atoms with Crippen LogP contribution in [0.15, 0.2) is 18.2 Å². The lowest BCUT2D eigenvalue weighted by molar-refractivity contribution is 0.0853. The van der Waals surface area contributed by atoms with Crippen LogP contribution in [0.4, 0.5) is 4.79 Å². The first-order valence-corrected chi connectivity index (χ1v) is 8.93. The van der Waals surface area contributed by atoms with Crippen LogP contribution in [-0.2, 0) is 0 Å². The van der Waals surface area contributed by atoms with Crippen molar-refractivity contribution < 1.29 is 14.3 Å². The fourth-order valence-electron chi connectivity index (χ4n) is 3.06. The second-order valence-electron chi connectivity index (χ2n) is 8.03. The molecule has 0 bridgehead atoms. The topological polar surface area (TPSA) is 58.6 Å². The quantitative estimate of drug-likeness (QED) is 0.847. The molecule has 5 nitrogen and oxygen atoms in total. The van der Waals surface area contributed by atoms with Gasteiger partial charge in [-0.05, 0) is 48.9 Å². The summed E-state index contributed by atoms with van der Waals surface area (Å²) in [6.07, 6.45) is 1.43. The van der Waals surface area contributed by atoms with Crippen molar-refractivity contribution in [3.63, 3.8) is 0 Å². The molecule has 5 heteroatoms. The number of nitrogens with one attached hydrogen (secondary N) is 1. The molecule has 1 aromatic rings. The molecule has 2 rings (SSSR count). The Bertz CT molecular complexity index is 626. The number of hydrogen-bond acceptors (Lipinski definition) is 3. The minimum Gasteiger partial charge on any atom is -0.496 e. The van der Waals surface area contributed by atoms with E-state index in [1.165, 1.54) is 0 Å². The average molecular weight is 346 g/mol. The number of methoxy groups -OCH3 is 1. The molecule has 1 heterocycles. The normalized spacial score (nSPS) is 15.8. The van der Waals surface area contributed by atoms with Crippen molar-refractivity contribution >= 4 is 11.8 Å². The Kier molecular flexibility index (Phi) is 6.09. The molecule has 0 spiro atoms. The van der Waals surface area contributed by atoms with Crippen LogP contribution in [0, 0.1) is 18.3 Å². The summed E-state index contributed by atoms with van der Waals surface area (Å²) in [6, 6.07) is 5.54. The van der Waals surface area contributed by atoms with Crippen LogP contribution in [0.5, 0.6) is 5.75 Å². The summed E-state index contributed by atoms with van der Waals surface area (Å²) in [6.45, 7) is 10.1. The molecule has 25 heavy (non-hydrogen) atoms. The fourth-order valence-corrected chi connectivity index (χ4v) is 3.06. The van der Waals surface area contributed by atoms with Crippen molar-refractivity contribution in [2.24, 2.45) is 11.3 Å². The summed E-state index contributed by atoms with van der Waals surface area (Å²) < 4.78 is 5.25. The molecule has 138 valence electrons. The first kappa shape index (κ1) is 19.3. The number of carbonyl (C=O) groups excluding carboxylic acids is 2. The van der Waals surface area contributed by atoms with Gasteiger partial charge in [0.2, 0.25) is 0 Å². The molecular formula is C20H30N2O3. The third-order valence-electron chi connectivity index (χ3n) is 4.60. The van der Waals surface area contributed by atoms with E-state index in [1.807, 2.05) is 30.0 Å². The number of ether oxygens (including phenoxy) is 1. The number of amides is 2. The minimum absolute atomic E-state index is 0.0144. The number of Topliss-reactive ketones (excluding diaryl/α,β-unsaturated/α-hetero) is 1. The summed E-state index contributed by atoms with van der Waals surface area (Å²) in [5.74, 6) is 0.946. The van der Waals surface area contributed by atoms with E-state index in [1.54, 1.807) is 7.11 Å². The zero-order chi connectivity index (χ0) is 18.6. The van der Waals surface area contributed by atoms with Gasteiger partial charge in [0.05, 0.1) is 7.11 Å². The van der Waals surface area contributed by atoms with Crippen molar-refractivity contribution in [1.82, 2.24) is 10.2 Å². The van der Waals surface area contributed by atoms with Gasteiger partial charge in [0.1, 0.15) is 5.75 Å². The highest BCUT2D eigenvalue weighted by molar-refractivity contribution is 5.98. The van der Waals surface area contributed by atoms with E-state index >= 15 is 0 Å². The molecule has 1 saturated heterocycles. The highest BCUT2D eigenvalue weighted by Gasteiger charge is 2.28. The highest BCUT2D eigenvalue weighted by atomic mass is 16.5. The summed E-state index contributed by atoms with van der Waals surface area (Å²) in [5.41, 5.74) is 1.76. The summed E-state index contributed by atoms with van der Waals surface area (Å²) >= 11 is 0. The number of urea groups is 1. The lowest BCUT2D eigenvalue weighted by atomic mass is 9.88. The SMILES string of the molecule is COc1ccc(C(=O)C2CCN(C(=O)NCC(C)(C)C)CC2)cc1C. The van der Waals surface area contributed by atoms with Crippen molar-refractivity contribution in [1.29, 1.82) is 0 Å². The molecule has 2 amide bonds. The minimum atomic E-state index is -0.0267. The molecule has 0 aromatic heterocycles. The van der Waals surface area contributed by atoms with Crippen LogP contribution >= 0.6 is 0 Å². The summed E-state index contributed by atoms with van der Waals surface area (Å²) in [7, 11) is 1.63. The molecule has 1 N–H and O–H groups in total. The Balaban J connectivity index is 1.90. The molecule has 0 radical (unpaired) electrons. The molecule has 1 aliphatic heterocycles. The Hall–Kier alpha value is -2.04. The summed E-state index contributed by atoms with van der Waals surface area (Å²) in [4.78, 5) is 26.8. The lowest BCUT2D eigenvalue weighted by Crippen LogP contribution is -2.47. The number of hydrogen-bond donors (Lipinski definition) is 1. The van der Waals surface area contributed by atoms with Gasteiger partial charge < -0.3 is 15.0 Å². The Morgan fingerprint density at radius 1 is 1.24 bits per heavy atom. The molecule has 0 unspecified atom stereocenters. The van der Waals surface area contributed by atoms with E-state index in [4.69, 9.17) is 4.74 Å². The number of aryl methyl sites for hydroxylation is 1. The molecule has 0 atom stereocenters. The van der Waals surface area contributed by atoms with Crippen LogP contribution < -0.4 is 10.1 Å². The number of rotatable bonds is 4. The Morgan fingerprint density at radius 2 is 1.88 bits per heavy atom. The van der Waals surface area contributed by atoms with E-state index in [-0.39, 0.29) is 23.1 Å². The van der Waals surface area contributed by atoms with Crippen LogP contribution in [0.25, 0.3) is 0 Å². The highest BCUT2D eigenvalue weighted by Crippen LogP contribution is 2.25. The summed E-state index contributed by atoms with van der Waals surface area (Å²) in [5, 5.41) is 2.98. The van der Waals surface area contributed by atoms with E-state index in [2.05, 4.69) is 26.1 Å². The van der Waals surface area contributed by atoms with Gasteiger partial charge in [-0.15, -0.1) is 0 Å². The van der Waals surface area contributed by atoms with Gasteiger partial charge >= 0.3 is 6.03 Å². The van der Waals surface area contributed by atoms with Gasteiger partial charge in [-0.1, -0.05) is 20.8 Å². The fraction of sp³-hybridized carbons (Fsp3) is 0.600. The largest absolute Gasteiger partial charge is 0.496 e. The van der Waals surface area contributed by atoms with Crippen LogP contribution in [-0.4, -0.2) is 43.5 Å². The molecule has 1 fully saturated rings. The zero-order valence-corrected chi connectivity index (χ0v) is 16.0. The predicted octanol–water partition coefficient (Wildman–Crippen LogP) is 3.65. The maximum atomic E-state index is 12.7. The number of nitrogens with zero attached hydrogens (tertiary/aromatic N) is 1. The molecule has 1 aliphatic rings. The van der Waals surface area contributed by atoms with Gasteiger partial charge in [-0.3, -0.25) is 4.79 Å². The predicted molar refractivity (Wildman–Crippen MR) is 99.2 cm³/mol. The first-order valence-electron chi connectivity index (χ1n) is 8.93. The number of benzene rings is 1. The number of ketones is 1. The number of likely N-dealkylation sites (tertiary alicyclic amines) is 1. The van der Waals surface area contributed by atoms with Gasteiger partial charge in [-0.25, -0.2) is 4.79 Å².